The summed E-state index contributed by atoms with van der Waals surface area (Å²) in [5, 5.41) is 2.62. The second-order valence-corrected chi connectivity index (χ2v) is 8.54. The molecule has 1 aliphatic heterocycles. The van der Waals surface area contributed by atoms with Crippen molar-refractivity contribution in [2.24, 2.45) is 0 Å². The largest absolute Gasteiger partial charge is 0.497 e. The van der Waals surface area contributed by atoms with Gasteiger partial charge in [0.1, 0.15) is 28.0 Å². The third-order valence-corrected chi connectivity index (χ3v) is 6.07. The van der Waals surface area contributed by atoms with E-state index in [0.29, 0.717) is 22.7 Å². The number of aryl methyl sites for hydroxylation is 1. The van der Waals surface area contributed by atoms with Crippen LogP contribution in [-0.2, 0) is 16.0 Å². The molecule has 37 heavy (non-hydrogen) atoms. The van der Waals surface area contributed by atoms with Crippen molar-refractivity contribution in [1.29, 1.82) is 0 Å². The van der Waals surface area contributed by atoms with E-state index in [-0.39, 0.29) is 22.2 Å². The van der Waals surface area contributed by atoms with Gasteiger partial charge in [0, 0.05) is 11.8 Å². The summed E-state index contributed by atoms with van der Waals surface area (Å²) >= 11 is 6.24. The number of imide groups is 1. The van der Waals surface area contributed by atoms with Gasteiger partial charge in [-0.05, 0) is 60.5 Å². The molecule has 0 aromatic heterocycles. The van der Waals surface area contributed by atoms with Crippen molar-refractivity contribution in [3.05, 3.63) is 88.6 Å². The average Bonchev–Trinajstić information content (AvgIpc) is 3.12. The van der Waals surface area contributed by atoms with Gasteiger partial charge in [-0.15, -0.1) is 0 Å². The minimum Gasteiger partial charge on any atom is -0.497 e. The van der Waals surface area contributed by atoms with Crippen LogP contribution in [0.5, 0.6) is 17.2 Å². The highest BCUT2D eigenvalue weighted by atomic mass is 35.5. The van der Waals surface area contributed by atoms with Crippen molar-refractivity contribution in [3.63, 3.8) is 0 Å². The normalized spacial score (nSPS) is 13.1. The Hall–Kier alpha value is -4.30. The van der Waals surface area contributed by atoms with Crippen molar-refractivity contribution in [1.82, 2.24) is 0 Å². The summed E-state index contributed by atoms with van der Waals surface area (Å²) in [6, 6.07) is 18.4. The highest BCUT2D eigenvalue weighted by Crippen LogP contribution is 2.37. The molecule has 1 heterocycles. The highest BCUT2D eigenvalue weighted by Gasteiger charge is 2.40. The molecule has 0 aliphatic carbocycles. The number of carbonyl (C=O) groups is 3. The van der Waals surface area contributed by atoms with Gasteiger partial charge in [0.25, 0.3) is 11.8 Å². The smallest absolute Gasteiger partial charge is 0.343 e. The lowest BCUT2D eigenvalue weighted by Crippen LogP contribution is -2.32. The number of rotatable bonds is 9. The molecule has 0 bridgehead atoms. The minimum atomic E-state index is -0.692. The molecule has 3 aromatic rings. The molecule has 0 saturated heterocycles. The molecule has 0 radical (unpaired) electrons. The third kappa shape index (κ3) is 5.44. The molecule has 4 rings (SSSR count). The van der Waals surface area contributed by atoms with E-state index in [1.165, 1.54) is 19.8 Å². The van der Waals surface area contributed by atoms with Gasteiger partial charge >= 0.3 is 5.97 Å². The number of hydrogen-bond acceptors (Lipinski definition) is 7. The standard InChI is InChI=1S/C28H25ClN2O6/c1-4-5-17-6-12-20(13-7-17)37-28(34)18-8-10-19(11-9-18)30-25-24(29)26(32)31(27(25)33)22-15-14-21(35-2)16-23(22)36-3/h6-16,30H,4-5H2,1-3H3. The number of anilines is 2. The van der Waals surface area contributed by atoms with Gasteiger partial charge in [0.05, 0.1) is 25.5 Å². The Kier molecular flexibility index (Phi) is 7.79. The van der Waals surface area contributed by atoms with Crippen LogP contribution in [0.15, 0.2) is 77.5 Å². The number of benzene rings is 3. The van der Waals surface area contributed by atoms with Gasteiger partial charge in [0.15, 0.2) is 0 Å². The number of methoxy groups -OCH3 is 2. The molecule has 9 heteroatoms. The van der Waals surface area contributed by atoms with Crippen LogP contribution in [0.3, 0.4) is 0 Å². The SMILES string of the molecule is CCCc1ccc(OC(=O)c2ccc(NC3=C(Cl)C(=O)N(c4ccc(OC)cc4OC)C3=O)cc2)cc1. The predicted molar refractivity (Wildman–Crippen MR) is 140 cm³/mol. The Morgan fingerprint density at radius 2 is 1.57 bits per heavy atom. The fraction of sp³-hybridized carbons (Fsp3) is 0.179. The number of halogens is 1. The number of hydrogen-bond donors (Lipinski definition) is 1. The van der Waals surface area contributed by atoms with Gasteiger partial charge < -0.3 is 19.5 Å². The second-order valence-electron chi connectivity index (χ2n) is 8.16. The fourth-order valence-corrected chi connectivity index (χ4v) is 4.03. The number of nitrogens with zero attached hydrogens (tertiary/aromatic N) is 1. The molecule has 8 nitrogen and oxygen atoms in total. The topological polar surface area (TPSA) is 94.2 Å². The summed E-state index contributed by atoms with van der Waals surface area (Å²) in [5.74, 6) is -0.625. The van der Waals surface area contributed by atoms with E-state index in [2.05, 4.69) is 12.2 Å². The Morgan fingerprint density at radius 3 is 2.19 bits per heavy atom. The monoisotopic (exact) mass is 520 g/mol. The zero-order chi connectivity index (χ0) is 26.5. The minimum absolute atomic E-state index is 0.0907. The summed E-state index contributed by atoms with van der Waals surface area (Å²) in [7, 11) is 2.92. The van der Waals surface area contributed by atoms with Crippen LogP contribution in [-0.4, -0.2) is 32.0 Å². The van der Waals surface area contributed by atoms with Crippen molar-refractivity contribution < 1.29 is 28.6 Å². The molecular formula is C28H25ClN2O6. The third-order valence-electron chi connectivity index (χ3n) is 5.72. The Balaban J connectivity index is 1.46. The first-order chi connectivity index (χ1) is 17.9. The molecule has 190 valence electrons. The molecule has 2 amide bonds. The number of carbonyl (C=O) groups excluding carboxylic acids is 3. The summed E-state index contributed by atoms with van der Waals surface area (Å²) in [5.41, 5.74) is 2.09. The first-order valence-electron chi connectivity index (χ1n) is 11.5. The molecular weight excluding hydrogens is 496 g/mol. The van der Waals surface area contributed by atoms with Crippen LogP contribution in [0, 0.1) is 0 Å². The molecule has 0 spiro atoms. The molecule has 0 atom stereocenters. The summed E-state index contributed by atoms with van der Waals surface area (Å²) in [6.45, 7) is 2.10. The summed E-state index contributed by atoms with van der Waals surface area (Å²) in [4.78, 5) is 39.4. The van der Waals surface area contributed by atoms with E-state index in [1.807, 2.05) is 12.1 Å². The van der Waals surface area contributed by atoms with Crippen LogP contribution < -0.4 is 24.4 Å². The number of nitrogens with one attached hydrogen (secondary N) is 1. The van der Waals surface area contributed by atoms with E-state index in [4.69, 9.17) is 25.8 Å². The summed E-state index contributed by atoms with van der Waals surface area (Å²) < 4.78 is 15.9. The maximum Gasteiger partial charge on any atom is 0.343 e. The van der Waals surface area contributed by atoms with Gasteiger partial charge in [-0.25, -0.2) is 9.69 Å². The zero-order valence-corrected chi connectivity index (χ0v) is 21.3. The first kappa shape index (κ1) is 25.8. The van der Waals surface area contributed by atoms with E-state index >= 15 is 0 Å². The molecule has 3 aromatic carbocycles. The van der Waals surface area contributed by atoms with Crippen molar-refractivity contribution >= 4 is 40.8 Å². The molecule has 0 unspecified atom stereocenters. The molecule has 1 aliphatic rings. The van der Waals surface area contributed by atoms with Gasteiger partial charge in [0.2, 0.25) is 0 Å². The van der Waals surface area contributed by atoms with Gasteiger partial charge in [-0.1, -0.05) is 37.1 Å². The lowest BCUT2D eigenvalue weighted by atomic mass is 10.1. The van der Waals surface area contributed by atoms with E-state index in [9.17, 15) is 14.4 Å². The Morgan fingerprint density at radius 1 is 0.892 bits per heavy atom. The number of amides is 2. The van der Waals surface area contributed by atoms with Crippen LogP contribution in [0.25, 0.3) is 0 Å². The Labute approximate surface area is 219 Å². The second kappa shape index (κ2) is 11.2. The molecule has 0 saturated carbocycles. The zero-order valence-electron chi connectivity index (χ0n) is 20.5. The predicted octanol–water partition coefficient (Wildman–Crippen LogP) is 5.31. The van der Waals surface area contributed by atoms with Crippen LogP contribution in [0.2, 0.25) is 0 Å². The van der Waals surface area contributed by atoms with Gasteiger partial charge in [-0.2, -0.15) is 0 Å². The molecule has 1 N–H and O–H groups in total. The van der Waals surface area contributed by atoms with Crippen LogP contribution in [0.1, 0.15) is 29.3 Å². The number of esters is 1. The van der Waals surface area contributed by atoms with E-state index in [0.717, 1.165) is 17.7 Å². The summed E-state index contributed by atoms with van der Waals surface area (Å²) in [6.07, 6.45) is 2.00. The maximum atomic E-state index is 13.1. The van der Waals surface area contributed by atoms with Gasteiger partial charge in [-0.3, -0.25) is 9.59 Å². The van der Waals surface area contributed by atoms with E-state index in [1.54, 1.807) is 54.6 Å². The maximum absolute atomic E-state index is 13.1. The van der Waals surface area contributed by atoms with Crippen LogP contribution >= 0.6 is 11.6 Å². The lowest BCUT2D eigenvalue weighted by Gasteiger charge is -2.18. The first-order valence-corrected chi connectivity index (χ1v) is 11.9. The number of ether oxygens (including phenoxy) is 3. The molecule has 0 fully saturated rings. The highest BCUT2D eigenvalue weighted by molar-refractivity contribution is 6.53. The average molecular weight is 521 g/mol. The van der Waals surface area contributed by atoms with E-state index < -0.39 is 17.8 Å². The van der Waals surface area contributed by atoms with Crippen molar-refractivity contribution in [2.75, 3.05) is 24.4 Å². The quantitative estimate of drug-likeness (QED) is 0.232. The Bertz CT molecular complexity index is 1370. The lowest BCUT2D eigenvalue weighted by molar-refractivity contribution is -0.120. The van der Waals surface area contributed by atoms with Crippen molar-refractivity contribution in [2.45, 2.75) is 19.8 Å². The van der Waals surface area contributed by atoms with Crippen molar-refractivity contribution in [3.8, 4) is 17.2 Å². The van der Waals surface area contributed by atoms with Crippen LogP contribution in [0.4, 0.5) is 11.4 Å². The fourth-order valence-electron chi connectivity index (χ4n) is 3.81.